The number of hydrogen-bond donors (Lipinski definition) is 1. The summed E-state index contributed by atoms with van der Waals surface area (Å²) in [5.41, 5.74) is 3.32. The van der Waals surface area contributed by atoms with Crippen LogP contribution in [0, 0.1) is 5.92 Å². The summed E-state index contributed by atoms with van der Waals surface area (Å²) in [5, 5.41) is 9.57. The molecule has 0 saturated heterocycles. The van der Waals surface area contributed by atoms with Gasteiger partial charge in [-0.2, -0.15) is 0 Å². The normalized spacial score (nSPS) is 13.0. The van der Waals surface area contributed by atoms with Gasteiger partial charge in [0.15, 0.2) is 0 Å². The van der Waals surface area contributed by atoms with Gasteiger partial charge in [-0.05, 0) is 47.2 Å². The van der Waals surface area contributed by atoms with Gasteiger partial charge in [0.25, 0.3) is 0 Å². The predicted molar refractivity (Wildman–Crippen MR) is 167 cm³/mol. The third-order valence-corrected chi connectivity index (χ3v) is 8.81. The van der Waals surface area contributed by atoms with Gasteiger partial charge in [0.2, 0.25) is 0 Å². The van der Waals surface area contributed by atoms with Crippen molar-refractivity contribution in [2.24, 2.45) is 5.92 Å². The third kappa shape index (κ3) is 11.5. The highest BCUT2D eigenvalue weighted by molar-refractivity contribution is 7.53. The summed E-state index contributed by atoms with van der Waals surface area (Å²) < 4.78 is 37.0. The van der Waals surface area contributed by atoms with Crippen LogP contribution in [0.25, 0.3) is 0 Å². The summed E-state index contributed by atoms with van der Waals surface area (Å²) in [6.45, 7) is 0.220. The van der Waals surface area contributed by atoms with Crippen molar-refractivity contribution in [1.29, 1.82) is 0 Å². The van der Waals surface area contributed by atoms with Crippen molar-refractivity contribution in [2.45, 2.75) is 39.1 Å². The fourth-order valence-corrected chi connectivity index (χ4v) is 6.23. The Morgan fingerprint density at radius 2 is 1.16 bits per heavy atom. The van der Waals surface area contributed by atoms with Crippen molar-refractivity contribution < 1.29 is 37.8 Å². The van der Waals surface area contributed by atoms with E-state index in [9.17, 15) is 19.3 Å². The van der Waals surface area contributed by atoms with E-state index < -0.39 is 25.5 Å². The Morgan fingerprint density at radius 3 is 1.73 bits per heavy atom. The molecule has 1 unspecified atom stereocenters. The van der Waals surface area contributed by atoms with Crippen LogP contribution in [0.2, 0.25) is 0 Å². The Bertz CT molecular complexity index is 1480. The lowest BCUT2D eigenvalue weighted by Gasteiger charge is -2.23. The second-order valence-electron chi connectivity index (χ2n) is 10.3. The number of ether oxygens (including phenoxy) is 2. The topological polar surface area (TPSA) is 108 Å². The van der Waals surface area contributed by atoms with E-state index in [-0.39, 0.29) is 51.2 Å². The quantitative estimate of drug-likeness (QED) is 0.0977. The number of rotatable bonds is 17. The van der Waals surface area contributed by atoms with Gasteiger partial charge in [0.1, 0.15) is 19.0 Å². The first kappa shape index (κ1) is 32.7. The summed E-state index contributed by atoms with van der Waals surface area (Å²) in [7, 11) is -3.86. The fraction of sp³-hybridized carbons (Fsp3) is 0.257. The summed E-state index contributed by atoms with van der Waals surface area (Å²) in [6.07, 6.45) is 0.105. The number of benzene rings is 4. The highest BCUT2D eigenvalue weighted by Gasteiger charge is 2.34. The number of phenols is 1. The molecule has 0 aliphatic heterocycles. The predicted octanol–water partition coefficient (Wildman–Crippen LogP) is 7.24. The average Bonchev–Trinajstić information content (AvgIpc) is 3.06. The summed E-state index contributed by atoms with van der Waals surface area (Å²) in [6, 6.07) is 34.4. The van der Waals surface area contributed by atoms with E-state index in [1.54, 1.807) is 24.3 Å². The molecule has 4 aromatic rings. The van der Waals surface area contributed by atoms with Crippen molar-refractivity contribution in [1.82, 2.24) is 0 Å². The maximum Gasteiger partial charge on any atom is 0.331 e. The molecule has 0 heterocycles. The van der Waals surface area contributed by atoms with Crippen molar-refractivity contribution in [3.8, 4) is 5.75 Å². The van der Waals surface area contributed by atoms with E-state index >= 15 is 0 Å². The number of carbonyl (C=O) groups excluding carboxylic acids is 2. The largest absolute Gasteiger partial charge is 0.508 e. The van der Waals surface area contributed by atoms with E-state index in [0.29, 0.717) is 6.42 Å². The molecular weight excluding hydrogens is 579 g/mol. The Labute approximate surface area is 258 Å². The average molecular weight is 617 g/mol. The van der Waals surface area contributed by atoms with Crippen LogP contribution in [0.4, 0.5) is 0 Å². The monoisotopic (exact) mass is 616 g/mol. The zero-order valence-electron chi connectivity index (χ0n) is 24.5. The summed E-state index contributed by atoms with van der Waals surface area (Å²) in [4.78, 5) is 26.0. The molecule has 0 amide bonds. The van der Waals surface area contributed by atoms with Crippen LogP contribution in [-0.4, -0.2) is 29.8 Å². The smallest absolute Gasteiger partial charge is 0.331 e. The molecule has 4 rings (SSSR count). The first-order chi connectivity index (χ1) is 21.4. The molecule has 1 N–H and O–H groups in total. The highest BCUT2D eigenvalue weighted by Crippen LogP contribution is 2.51. The minimum Gasteiger partial charge on any atom is -0.508 e. The summed E-state index contributed by atoms with van der Waals surface area (Å²) in [5.74, 6) is -1.89. The van der Waals surface area contributed by atoms with Gasteiger partial charge in [0, 0.05) is 6.42 Å². The van der Waals surface area contributed by atoms with Crippen LogP contribution in [0.1, 0.15) is 35.1 Å². The van der Waals surface area contributed by atoms with Crippen molar-refractivity contribution in [2.75, 3.05) is 12.8 Å². The number of phenolic OH excluding ortho intramolecular Hbond substituents is 1. The molecule has 8 nitrogen and oxygen atoms in total. The molecule has 0 saturated carbocycles. The lowest BCUT2D eigenvalue weighted by atomic mass is 10.1. The van der Waals surface area contributed by atoms with Crippen LogP contribution in [0.5, 0.6) is 5.75 Å². The summed E-state index contributed by atoms with van der Waals surface area (Å²) >= 11 is 0. The first-order valence-electron chi connectivity index (χ1n) is 14.5. The number of carbonyl (C=O) groups is 2. The first-order valence-corrected chi connectivity index (χ1v) is 16.2. The maximum atomic E-state index is 14.2. The number of hydrogen-bond acceptors (Lipinski definition) is 8. The van der Waals surface area contributed by atoms with Gasteiger partial charge >= 0.3 is 19.5 Å². The van der Waals surface area contributed by atoms with E-state index in [4.69, 9.17) is 18.5 Å². The van der Waals surface area contributed by atoms with Crippen LogP contribution < -0.4 is 0 Å². The Kier molecular flexibility index (Phi) is 12.7. The van der Waals surface area contributed by atoms with Gasteiger partial charge in [-0.15, -0.1) is 0 Å². The standard InChI is InChI=1S/C35H37O8P/c36-33-19-16-28(17-20-33)22-23-42-44(39,43-26-31-14-8-3-9-15-31)27-32(35(38)41-25-30-12-6-2-7-13-30)18-21-34(37)40-24-29-10-4-1-5-11-29/h1-17,19-20,32,36H,18,21-27H2/t32-,44?/m1/s1. The van der Waals surface area contributed by atoms with Crippen molar-refractivity contribution in [3.63, 3.8) is 0 Å². The molecule has 0 aliphatic carbocycles. The van der Waals surface area contributed by atoms with Crippen LogP contribution in [-0.2, 0) is 58.9 Å². The molecule has 44 heavy (non-hydrogen) atoms. The van der Waals surface area contributed by atoms with E-state index in [1.807, 2.05) is 91.0 Å². The lowest BCUT2D eigenvalue weighted by molar-refractivity contribution is -0.150. The molecule has 9 heteroatoms. The van der Waals surface area contributed by atoms with Crippen molar-refractivity contribution >= 4 is 19.5 Å². The molecule has 0 aromatic heterocycles. The zero-order chi connectivity index (χ0) is 31.0. The van der Waals surface area contributed by atoms with Crippen LogP contribution in [0.3, 0.4) is 0 Å². The molecule has 0 fully saturated rings. The van der Waals surface area contributed by atoms with E-state index in [1.165, 1.54) is 0 Å². The minimum atomic E-state index is -3.86. The van der Waals surface area contributed by atoms with Crippen molar-refractivity contribution in [3.05, 3.63) is 138 Å². The molecule has 0 radical (unpaired) electrons. The van der Waals surface area contributed by atoms with Gasteiger partial charge in [-0.25, -0.2) is 0 Å². The second-order valence-corrected chi connectivity index (χ2v) is 12.4. The van der Waals surface area contributed by atoms with Gasteiger partial charge in [-0.1, -0.05) is 103 Å². The Hall–Kier alpha value is -4.23. The van der Waals surface area contributed by atoms with E-state index in [2.05, 4.69) is 0 Å². The SMILES string of the molecule is O=C(CC[C@H](CP(=O)(OCCc1ccc(O)cc1)OCc1ccccc1)C(=O)OCc1ccccc1)OCc1ccccc1. The zero-order valence-corrected chi connectivity index (χ0v) is 25.4. The molecule has 2 atom stereocenters. The molecule has 4 aromatic carbocycles. The minimum absolute atomic E-state index is 0.0161. The molecule has 0 aliphatic rings. The Morgan fingerprint density at radius 1 is 0.636 bits per heavy atom. The molecule has 230 valence electrons. The molecular formula is C35H37O8P. The van der Waals surface area contributed by atoms with E-state index in [0.717, 1.165) is 22.3 Å². The maximum absolute atomic E-state index is 14.2. The van der Waals surface area contributed by atoms with Gasteiger partial charge < -0.3 is 23.6 Å². The molecule has 0 bridgehead atoms. The Balaban J connectivity index is 1.45. The molecule has 0 spiro atoms. The highest BCUT2D eigenvalue weighted by atomic mass is 31.2. The third-order valence-electron chi connectivity index (χ3n) is 6.83. The number of esters is 2. The lowest BCUT2D eigenvalue weighted by Crippen LogP contribution is -2.24. The van der Waals surface area contributed by atoms with Crippen LogP contribution in [0.15, 0.2) is 115 Å². The van der Waals surface area contributed by atoms with Gasteiger partial charge in [-0.3, -0.25) is 14.2 Å². The van der Waals surface area contributed by atoms with Gasteiger partial charge in [0.05, 0.1) is 25.3 Å². The number of aromatic hydroxyl groups is 1. The van der Waals surface area contributed by atoms with Crippen LogP contribution >= 0.6 is 7.60 Å². The second kappa shape index (κ2) is 17.2. The fourth-order valence-electron chi connectivity index (χ4n) is 4.36.